The van der Waals surface area contributed by atoms with Crippen LogP contribution in [0.25, 0.3) is 6.08 Å². The number of furan rings is 1. The molecule has 1 unspecified atom stereocenters. The highest BCUT2D eigenvalue weighted by Crippen LogP contribution is 2.24. The molecule has 1 fully saturated rings. The molecule has 0 spiro atoms. The first-order valence-electron chi connectivity index (χ1n) is 8.11. The van der Waals surface area contributed by atoms with Crippen molar-refractivity contribution in [3.63, 3.8) is 0 Å². The molecule has 23 heavy (non-hydrogen) atoms. The number of rotatable bonds is 6. The zero-order valence-electron chi connectivity index (χ0n) is 13.2. The normalized spacial score (nSPS) is 16.7. The van der Waals surface area contributed by atoms with Gasteiger partial charge in [0.05, 0.1) is 12.3 Å². The summed E-state index contributed by atoms with van der Waals surface area (Å²) in [6.07, 6.45) is 7.26. The topological polar surface area (TPSA) is 45.5 Å². The molecule has 1 N–H and O–H groups in total. The van der Waals surface area contributed by atoms with Gasteiger partial charge >= 0.3 is 0 Å². The Morgan fingerprint density at radius 1 is 1.17 bits per heavy atom. The van der Waals surface area contributed by atoms with Gasteiger partial charge in [0.15, 0.2) is 0 Å². The molecule has 1 aromatic carbocycles. The summed E-state index contributed by atoms with van der Waals surface area (Å²) >= 11 is 0. The van der Waals surface area contributed by atoms with E-state index in [1.54, 1.807) is 18.4 Å². The van der Waals surface area contributed by atoms with E-state index in [0.717, 1.165) is 13.1 Å². The molecule has 2 aromatic rings. The molecule has 0 bridgehead atoms. The number of hydrogen-bond acceptors (Lipinski definition) is 3. The van der Waals surface area contributed by atoms with E-state index in [0.29, 0.717) is 12.3 Å². The molecular formula is C19H22N2O2. The summed E-state index contributed by atoms with van der Waals surface area (Å²) in [4.78, 5) is 14.5. The SMILES string of the molecule is O=C(C=Cc1ccco1)NCC(c1ccccc1)N1CCCC1. The highest BCUT2D eigenvalue weighted by molar-refractivity contribution is 5.91. The van der Waals surface area contributed by atoms with Gasteiger partial charge in [0, 0.05) is 12.6 Å². The highest BCUT2D eigenvalue weighted by atomic mass is 16.3. The Morgan fingerprint density at radius 3 is 2.65 bits per heavy atom. The lowest BCUT2D eigenvalue weighted by atomic mass is 10.1. The highest BCUT2D eigenvalue weighted by Gasteiger charge is 2.23. The largest absolute Gasteiger partial charge is 0.465 e. The summed E-state index contributed by atoms with van der Waals surface area (Å²) in [5.41, 5.74) is 1.25. The lowest BCUT2D eigenvalue weighted by molar-refractivity contribution is -0.116. The quantitative estimate of drug-likeness (QED) is 0.833. The Balaban J connectivity index is 1.61. The zero-order valence-corrected chi connectivity index (χ0v) is 13.2. The Hall–Kier alpha value is -2.33. The van der Waals surface area contributed by atoms with Gasteiger partial charge in [-0.3, -0.25) is 9.69 Å². The first-order valence-corrected chi connectivity index (χ1v) is 8.11. The maximum atomic E-state index is 12.0. The minimum Gasteiger partial charge on any atom is -0.465 e. The van der Waals surface area contributed by atoms with Crippen LogP contribution in [0, 0.1) is 0 Å². The van der Waals surface area contributed by atoms with Crippen molar-refractivity contribution in [2.24, 2.45) is 0 Å². The van der Waals surface area contributed by atoms with Gasteiger partial charge in [-0.2, -0.15) is 0 Å². The minimum absolute atomic E-state index is 0.0958. The van der Waals surface area contributed by atoms with E-state index in [2.05, 4.69) is 34.5 Å². The summed E-state index contributed by atoms with van der Waals surface area (Å²) in [6, 6.07) is 14.3. The summed E-state index contributed by atoms with van der Waals surface area (Å²) in [5, 5.41) is 3.01. The molecule has 1 saturated heterocycles. The van der Waals surface area contributed by atoms with Gasteiger partial charge in [0.1, 0.15) is 5.76 Å². The minimum atomic E-state index is -0.0958. The van der Waals surface area contributed by atoms with Crippen molar-refractivity contribution in [2.45, 2.75) is 18.9 Å². The summed E-state index contributed by atoms with van der Waals surface area (Å²) in [7, 11) is 0. The molecular weight excluding hydrogens is 288 g/mol. The molecule has 1 atom stereocenters. The fraction of sp³-hybridized carbons (Fsp3) is 0.316. The van der Waals surface area contributed by atoms with Crippen molar-refractivity contribution in [1.29, 1.82) is 0 Å². The van der Waals surface area contributed by atoms with Gasteiger partial charge in [0.25, 0.3) is 0 Å². The van der Waals surface area contributed by atoms with E-state index in [1.165, 1.54) is 24.5 Å². The number of amides is 1. The molecule has 2 heterocycles. The van der Waals surface area contributed by atoms with Crippen molar-refractivity contribution in [3.8, 4) is 0 Å². The van der Waals surface area contributed by atoms with Crippen molar-refractivity contribution in [2.75, 3.05) is 19.6 Å². The number of nitrogens with zero attached hydrogens (tertiary/aromatic N) is 1. The van der Waals surface area contributed by atoms with Crippen LogP contribution in [0.2, 0.25) is 0 Å². The zero-order chi connectivity index (χ0) is 15.9. The third kappa shape index (κ3) is 4.33. The lowest BCUT2D eigenvalue weighted by Gasteiger charge is -2.28. The summed E-state index contributed by atoms with van der Waals surface area (Å²) in [5.74, 6) is 0.584. The van der Waals surface area contributed by atoms with Gasteiger partial charge in [-0.05, 0) is 49.7 Å². The maximum Gasteiger partial charge on any atom is 0.244 e. The lowest BCUT2D eigenvalue weighted by Crippen LogP contribution is -2.36. The third-order valence-electron chi connectivity index (χ3n) is 4.18. The van der Waals surface area contributed by atoms with Crippen LogP contribution in [0.4, 0.5) is 0 Å². The van der Waals surface area contributed by atoms with Crippen LogP contribution in [0.1, 0.15) is 30.2 Å². The predicted molar refractivity (Wildman–Crippen MR) is 90.7 cm³/mol. The predicted octanol–water partition coefficient (Wildman–Crippen LogP) is 3.25. The van der Waals surface area contributed by atoms with Crippen LogP contribution >= 0.6 is 0 Å². The fourth-order valence-electron chi connectivity index (χ4n) is 2.99. The van der Waals surface area contributed by atoms with E-state index < -0.39 is 0 Å². The second-order valence-electron chi connectivity index (χ2n) is 5.76. The average Bonchev–Trinajstić information content (AvgIpc) is 3.28. The molecule has 1 aliphatic rings. The summed E-state index contributed by atoms with van der Waals surface area (Å²) < 4.78 is 5.19. The number of likely N-dealkylation sites (tertiary alicyclic amines) is 1. The van der Waals surface area contributed by atoms with Crippen LogP contribution in [0.15, 0.2) is 59.2 Å². The Bertz CT molecular complexity index is 629. The smallest absolute Gasteiger partial charge is 0.244 e. The first-order chi connectivity index (χ1) is 11.3. The van der Waals surface area contributed by atoms with Crippen molar-refractivity contribution in [1.82, 2.24) is 10.2 Å². The number of carbonyl (C=O) groups excluding carboxylic acids is 1. The van der Waals surface area contributed by atoms with Gasteiger partial charge in [-0.15, -0.1) is 0 Å². The van der Waals surface area contributed by atoms with E-state index in [-0.39, 0.29) is 11.9 Å². The molecule has 4 nitrogen and oxygen atoms in total. The number of carbonyl (C=O) groups is 1. The molecule has 1 aliphatic heterocycles. The molecule has 0 aliphatic carbocycles. The fourth-order valence-corrected chi connectivity index (χ4v) is 2.99. The van der Waals surface area contributed by atoms with Crippen LogP contribution in [-0.4, -0.2) is 30.4 Å². The molecule has 3 rings (SSSR count). The van der Waals surface area contributed by atoms with Crippen LogP contribution < -0.4 is 5.32 Å². The van der Waals surface area contributed by atoms with Gasteiger partial charge in [-0.25, -0.2) is 0 Å². The summed E-state index contributed by atoms with van der Waals surface area (Å²) in [6.45, 7) is 2.81. The van der Waals surface area contributed by atoms with Crippen LogP contribution in [0.5, 0.6) is 0 Å². The van der Waals surface area contributed by atoms with Gasteiger partial charge in [0.2, 0.25) is 5.91 Å². The number of hydrogen-bond donors (Lipinski definition) is 1. The van der Waals surface area contributed by atoms with Crippen molar-refractivity contribution >= 4 is 12.0 Å². The van der Waals surface area contributed by atoms with Crippen LogP contribution in [0.3, 0.4) is 0 Å². The van der Waals surface area contributed by atoms with Gasteiger partial charge in [-0.1, -0.05) is 30.3 Å². The third-order valence-corrected chi connectivity index (χ3v) is 4.18. The van der Waals surface area contributed by atoms with Gasteiger partial charge < -0.3 is 9.73 Å². The molecule has 0 radical (unpaired) electrons. The Kier molecular flexibility index (Phi) is 5.27. The van der Waals surface area contributed by atoms with Crippen molar-refractivity contribution < 1.29 is 9.21 Å². The van der Waals surface area contributed by atoms with Crippen LogP contribution in [-0.2, 0) is 4.79 Å². The molecule has 120 valence electrons. The Labute approximate surface area is 136 Å². The second-order valence-corrected chi connectivity index (χ2v) is 5.76. The number of nitrogens with one attached hydrogen (secondary N) is 1. The van der Waals surface area contributed by atoms with E-state index in [4.69, 9.17) is 4.42 Å². The van der Waals surface area contributed by atoms with Crippen molar-refractivity contribution in [3.05, 3.63) is 66.1 Å². The standard InChI is InChI=1S/C19H22N2O2/c22-19(11-10-17-9-6-14-23-17)20-15-18(21-12-4-5-13-21)16-7-2-1-3-8-16/h1-3,6-11,14,18H,4-5,12-13,15H2,(H,20,22). The maximum absolute atomic E-state index is 12.0. The van der Waals surface area contributed by atoms with E-state index >= 15 is 0 Å². The molecule has 1 aromatic heterocycles. The Morgan fingerprint density at radius 2 is 1.96 bits per heavy atom. The molecule has 1 amide bonds. The first kappa shape index (κ1) is 15.6. The van der Waals surface area contributed by atoms with E-state index in [9.17, 15) is 4.79 Å². The number of benzene rings is 1. The molecule has 0 saturated carbocycles. The van der Waals surface area contributed by atoms with E-state index in [1.807, 2.05) is 12.1 Å². The monoisotopic (exact) mass is 310 g/mol. The molecule has 4 heteroatoms. The average molecular weight is 310 g/mol. The second kappa shape index (κ2) is 7.79.